The van der Waals surface area contributed by atoms with Crippen LogP contribution in [0.5, 0.6) is 11.5 Å². The first kappa shape index (κ1) is 21.1. The molecule has 2 aromatic carbocycles. The summed E-state index contributed by atoms with van der Waals surface area (Å²) >= 11 is 1.80. The van der Waals surface area contributed by atoms with Crippen molar-refractivity contribution in [2.24, 2.45) is 5.73 Å². The van der Waals surface area contributed by atoms with Crippen molar-refractivity contribution >= 4 is 17.2 Å². The number of amides is 1. The van der Waals surface area contributed by atoms with E-state index in [1.54, 1.807) is 35.6 Å². The highest BCUT2D eigenvalue weighted by Crippen LogP contribution is 2.31. The van der Waals surface area contributed by atoms with Gasteiger partial charge in [-0.25, -0.2) is 0 Å². The molecule has 0 spiro atoms. The summed E-state index contributed by atoms with van der Waals surface area (Å²) in [5.74, 6) is 1.04. The lowest BCUT2D eigenvalue weighted by atomic mass is 9.88. The van der Waals surface area contributed by atoms with Crippen LogP contribution < -0.4 is 15.8 Å². The van der Waals surface area contributed by atoms with Gasteiger partial charge in [0.2, 0.25) is 5.91 Å². The molecule has 29 heavy (non-hydrogen) atoms. The fourth-order valence-corrected chi connectivity index (χ4v) is 3.98. The zero-order valence-electron chi connectivity index (χ0n) is 17.2. The van der Waals surface area contributed by atoms with Gasteiger partial charge in [-0.05, 0) is 79.6 Å². The summed E-state index contributed by atoms with van der Waals surface area (Å²) < 4.78 is 6.00. The number of hydrogen-bond acceptors (Lipinski definition) is 4. The van der Waals surface area contributed by atoms with Crippen LogP contribution in [-0.2, 0) is 12.0 Å². The monoisotopic (exact) mass is 408 g/mol. The largest absolute Gasteiger partial charge is 0.457 e. The van der Waals surface area contributed by atoms with E-state index in [1.165, 1.54) is 10.4 Å². The van der Waals surface area contributed by atoms with Crippen LogP contribution in [0.2, 0.25) is 0 Å². The van der Waals surface area contributed by atoms with Crippen molar-refractivity contribution in [3.05, 3.63) is 81.5 Å². The Kier molecular flexibility index (Phi) is 6.72. The van der Waals surface area contributed by atoms with Gasteiger partial charge in [0.15, 0.2) is 0 Å². The Hall–Kier alpha value is -2.63. The molecule has 1 amide bonds. The summed E-state index contributed by atoms with van der Waals surface area (Å²) in [5.41, 5.74) is 7.98. The molecule has 3 N–H and O–H groups in total. The van der Waals surface area contributed by atoms with Gasteiger partial charge >= 0.3 is 0 Å². The number of primary amides is 1. The van der Waals surface area contributed by atoms with Crippen molar-refractivity contribution in [3.8, 4) is 11.5 Å². The molecule has 1 unspecified atom stereocenters. The molecule has 4 nitrogen and oxygen atoms in total. The van der Waals surface area contributed by atoms with E-state index in [9.17, 15) is 4.79 Å². The topological polar surface area (TPSA) is 64.3 Å². The van der Waals surface area contributed by atoms with E-state index in [0.717, 1.165) is 30.7 Å². The van der Waals surface area contributed by atoms with Crippen molar-refractivity contribution < 1.29 is 9.53 Å². The first-order chi connectivity index (χ1) is 13.9. The molecule has 0 saturated heterocycles. The Morgan fingerprint density at radius 1 is 1.17 bits per heavy atom. The van der Waals surface area contributed by atoms with Gasteiger partial charge in [0, 0.05) is 22.5 Å². The molecule has 152 valence electrons. The van der Waals surface area contributed by atoms with Crippen LogP contribution >= 0.6 is 11.3 Å². The molecule has 5 heteroatoms. The molecule has 0 aliphatic carbocycles. The maximum absolute atomic E-state index is 11.2. The maximum Gasteiger partial charge on any atom is 0.248 e. The van der Waals surface area contributed by atoms with Crippen LogP contribution in [0.1, 0.15) is 46.6 Å². The second-order valence-electron chi connectivity index (χ2n) is 7.41. The minimum atomic E-state index is -0.442. The Bertz CT molecular complexity index is 952. The van der Waals surface area contributed by atoms with Crippen LogP contribution in [0.4, 0.5) is 0 Å². The lowest BCUT2D eigenvalue weighted by Gasteiger charge is -2.31. The summed E-state index contributed by atoms with van der Waals surface area (Å²) in [5, 5.41) is 5.86. The van der Waals surface area contributed by atoms with Crippen LogP contribution in [-0.4, -0.2) is 12.5 Å². The number of nitrogens with one attached hydrogen (secondary N) is 1. The highest BCUT2D eigenvalue weighted by molar-refractivity contribution is 7.09. The van der Waals surface area contributed by atoms with E-state index >= 15 is 0 Å². The minimum absolute atomic E-state index is 0.0936. The maximum atomic E-state index is 11.2. The lowest BCUT2D eigenvalue weighted by molar-refractivity contribution is 0.100. The van der Waals surface area contributed by atoms with E-state index in [4.69, 9.17) is 10.5 Å². The molecule has 0 saturated carbocycles. The molecule has 0 aliphatic rings. The number of carbonyl (C=O) groups excluding carboxylic acids is 1. The first-order valence-electron chi connectivity index (χ1n) is 9.87. The molecule has 1 aromatic heterocycles. The predicted molar refractivity (Wildman–Crippen MR) is 120 cm³/mol. The van der Waals surface area contributed by atoms with Gasteiger partial charge in [0.25, 0.3) is 0 Å². The van der Waals surface area contributed by atoms with Gasteiger partial charge < -0.3 is 15.8 Å². The van der Waals surface area contributed by atoms with E-state index in [0.29, 0.717) is 11.3 Å². The van der Waals surface area contributed by atoms with Crippen LogP contribution in [0.15, 0.2) is 60.0 Å². The third-order valence-corrected chi connectivity index (χ3v) is 6.29. The minimum Gasteiger partial charge on any atom is -0.457 e. The summed E-state index contributed by atoms with van der Waals surface area (Å²) in [6, 6.07) is 17.5. The Labute approximate surface area is 176 Å². The average Bonchev–Trinajstić information content (AvgIpc) is 3.23. The van der Waals surface area contributed by atoms with Gasteiger partial charge in [0.1, 0.15) is 11.5 Å². The van der Waals surface area contributed by atoms with Crippen molar-refractivity contribution in [2.45, 2.75) is 39.2 Å². The smallest absolute Gasteiger partial charge is 0.248 e. The van der Waals surface area contributed by atoms with Gasteiger partial charge in [-0.15, -0.1) is 11.3 Å². The number of aryl methyl sites for hydroxylation is 1. The SMILES string of the molecule is CCC(C)(NCCc1cccs1)c1ccc(Oc2ccc(C(N)=O)cc2)c(C)c1. The zero-order chi connectivity index (χ0) is 20.9. The van der Waals surface area contributed by atoms with Gasteiger partial charge in [-0.1, -0.05) is 25.1 Å². The van der Waals surface area contributed by atoms with E-state index < -0.39 is 5.91 Å². The average molecular weight is 409 g/mol. The Morgan fingerprint density at radius 2 is 1.93 bits per heavy atom. The van der Waals surface area contributed by atoms with Crippen molar-refractivity contribution in [1.29, 1.82) is 0 Å². The van der Waals surface area contributed by atoms with E-state index in [1.807, 2.05) is 6.07 Å². The number of thiophene rings is 1. The third kappa shape index (κ3) is 5.25. The number of nitrogens with two attached hydrogens (primary N) is 1. The lowest BCUT2D eigenvalue weighted by Crippen LogP contribution is -2.40. The second-order valence-corrected chi connectivity index (χ2v) is 8.45. The van der Waals surface area contributed by atoms with Gasteiger partial charge in [-0.3, -0.25) is 4.79 Å². The van der Waals surface area contributed by atoms with Gasteiger partial charge in [0.05, 0.1) is 0 Å². The third-order valence-electron chi connectivity index (χ3n) is 5.35. The van der Waals surface area contributed by atoms with E-state index in [2.05, 4.69) is 55.7 Å². The Balaban J connectivity index is 1.69. The molecular formula is C24H28N2O2S. The first-order valence-corrected chi connectivity index (χ1v) is 10.8. The number of carbonyl (C=O) groups is 1. The summed E-state index contributed by atoms with van der Waals surface area (Å²) in [6.45, 7) is 7.45. The summed E-state index contributed by atoms with van der Waals surface area (Å²) in [4.78, 5) is 12.6. The number of rotatable bonds is 9. The summed E-state index contributed by atoms with van der Waals surface area (Å²) in [6.07, 6.45) is 2.03. The fourth-order valence-electron chi connectivity index (χ4n) is 3.27. The number of benzene rings is 2. The molecular weight excluding hydrogens is 380 g/mol. The standard InChI is InChI=1S/C24H28N2O2S/c1-4-24(3,26-14-13-21-6-5-15-29-21)19-9-12-22(17(2)16-19)28-20-10-7-18(8-11-20)23(25)27/h5-12,15-16,26H,4,13-14H2,1-3H3,(H2,25,27). The molecule has 0 aliphatic heterocycles. The Morgan fingerprint density at radius 3 is 2.52 bits per heavy atom. The van der Waals surface area contributed by atoms with Crippen LogP contribution in [0.25, 0.3) is 0 Å². The van der Waals surface area contributed by atoms with Gasteiger partial charge in [-0.2, -0.15) is 0 Å². The van der Waals surface area contributed by atoms with Crippen LogP contribution in [0, 0.1) is 6.92 Å². The second kappa shape index (κ2) is 9.25. The highest BCUT2D eigenvalue weighted by atomic mass is 32.1. The molecule has 0 radical (unpaired) electrons. The molecule has 3 rings (SSSR count). The molecule has 0 fully saturated rings. The molecule has 1 atom stereocenters. The number of hydrogen-bond donors (Lipinski definition) is 2. The fraction of sp³-hybridized carbons (Fsp3) is 0.292. The highest BCUT2D eigenvalue weighted by Gasteiger charge is 2.24. The molecule has 0 bridgehead atoms. The summed E-state index contributed by atoms with van der Waals surface area (Å²) in [7, 11) is 0. The number of ether oxygens (including phenoxy) is 1. The molecule has 3 aromatic rings. The quantitative estimate of drug-likeness (QED) is 0.498. The van der Waals surface area contributed by atoms with Crippen molar-refractivity contribution in [2.75, 3.05) is 6.54 Å². The molecule has 1 heterocycles. The predicted octanol–water partition coefficient (Wildman–Crippen LogP) is 5.41. The van der Waals surface area contributed by atoms with Crippen LogP contribution in [0.3, 0.4) is 0 Å². The zero-order valence-corrected chi connectivity index (χ0v) is 18.0. The van der Waals surface area contributed by atoms with Crippen molar-refractivity contribution in [3.63, 3.8) is 0 Å². The van der Waals surface area contributed by atoms with Crippen molar-refractivity contribution in [1.82, 2.24) is 5.32 Å². The van der Waals surface area contributed by atoms with E-state index in [-0.39, 0.29) is 5.54 Å². The normalized spacial score (nSPS) is 13.1.